The van der Waals surface area contributed by atoms with Crippen molar-refractivity contribution in [1.82, 2.24) is 0 Å². The Labute approximate surface area is 181 Å². The summed E-state index contributed by atoms with van der Waals surface area (Å²) in [6.07, 6.45) is 1.93. The van der Waals surface area contributed by atoms with Crippen molar-refractivity contribution in [2.45, 2.75) is 12.8 Å². The van der Waals surface area contributed by atoms with Crippen LogP contribution in [0.2, 0.25) is 0 Å². The summed E-state index contributed by atoms with van der Waals surface area (Å²) < 4.78 is 0. The third kappa shape index (κ3) is 9.38. The SMILES string of the molecule is [Cl][Zr][Cl].[c-]1[c-][c-][c-](Cc2ccccc2)[c-]1.c1ccc(C[c-]2cccc2)cc1. The van der Waals surface area contributed by atoms with E-state index in [0.717, 1.165) is 18.4 Å². The van der Waals surface area contributed by atoms with Gasteiger partial charge >= 0.3 is 37.9 Å². The maximum Gasteiger partial charge on any atom is -0.0485 e. The van der Waals surface area contributed by atoms with Crippen molar-refractivity contribution in [3.63, 3.8) is 0 Å². The molecule has 0 atom stereocenters. The molecular weight excluding hydrogens is 450 g/mol. The van der Waals surface area contributed by atoms with E-state index in [1.54, 1.807) is 0 Å². The van der Waals surface area contributed by atoms with Crippen molar-refractivity contribution in [3.8, 4) is 0 Å². The van der Waals surface area contributed by atoms with E-state index in [1.807, 2.05) is 18.2 Å². The number of hydrogen-bond donors (Lipinski definition) is 0. The largest absolute Gasteiger partial charge is 0.998 e. The van der Waals surface area contributed by atoms with Gasteiger partial charge in [-0.05, 0) is 6.42 Å². The van der Waals surface area contributed by atoms with Crippen molar-refractivity contribution in [2.75, 3.05) is 0 Å². The minimum absolute atomic E-state index is 0.826. The zero-order valence-electron chi connectivity index (χ0n) is 14.8. The Kier molecular flexibility index (Phi) is 11.1. The molecule has 0 fully saturated rings. The number of rotatable bonds is 4. The average Bonchev–Trinajstić information content (AvgIpc) is 3.39. The summed E-state index contributed by atoms with van der Waals surface area (Å²) in [5.41, 5.74) is 5.07. The van der Waals surface area contributed by atoms with Gasteiger partial charge in [-0.1, -0.05) is 71.8 Å². The molecule has 0 spiro atoms. The molecule has 4 aromatic rings. The van der Waals surface area contributed by atoms with Crippen LogP contribution in [0.1, 0.15) is 22.3 Å². The van der Waals surface area contributed by atoms with E-state index in [4.69, 9.17) is 17.0 Å². The fourth-order valence-electron chi connectivity index (χ4n) is 2.50. The molecule has 0 radical (unpaired) electrons. The minimum Gasteiger partial charge on any atom is -0.998 e. The first kappa shape index (κ1) is 21.9. The zero-order chi connectivity index (χ0) is 19.2. The van der Waals surface area contributed by atoms with Gasteiger partial charge in [-0.15, -0.1) is 0 Å². The standard InChI is InChI=1S/C12H11.C12H7.2ClH.Zr/c2*1-2-6-11(7-3-1)10-12-8-4-5-9-12;;;/h1-9H,10H2;1-3,6-7H,10H2;2*1H;/q-1;-5;;;+2/p-2. The molecule has 138 valence electrons. The van der Waals surface area contributed by atoms with Crippen LogP contribution in [-0.2, 0) is 33.7 Å². The summed E-state index contributed by atoms with van der Waals surface area (Å²) in [4.78, 5) is 0. The van der Waals surface area contributed by atoms with E-state index in [2.05, 4.69) is 91.0 Å². The number of hydrogen-bond acceptors (Lipinski definition) is 0. The second kappa shape index (κ2) is 13.7. The van der Waals surface area contributed by atoms with Crippen LogP contribution in [-0.4, -0.2) is 0 Å². The molecule has 0 bridgehead atoms. The van der Waals surface area contributed by atoms with E-state index < -0.39 is 20.8 Å². The van der Waals surface area contributed by atoms with E-state index in [0.29, 0.717) is 0 Å². The Hall–Kier alpha value is -1.40. The molecule has 0 nitrogen and oxygen atoms in total. The van der Waals surface area contributed by atoms with Gasteiger partial charge in [0.25, 0.3) is 0 Å². The van der Waals surface area contributed by atoms with Gasteiger partial charge in [0.15, 0.2) is 0 Å². The van der Waals surface area contributed by atoms with Crippen LogP contribution in [0.3, 0.4) is 0 Å². The first-order chi connectivity index (χ1) is 13.3. The summed E-state index contributed by atoms with van der Waals surface area (Å²) in [6, 6.07) is 40.7. The molecule has 3 heteroatoms. The van der Waals surface area contributed by atoms with E-state index in [-0.39, 0.29) is 0 Å². The summed E-state index contributed by atoms with van der Waals surface area (Å²) in [5.74, 6) is 0. The molecular formula is C24H18Cl2Zr-6. The van der Waals surface area contributed by atoms with E-state index >= 15 is 0 Å². The van der Waals surface area contributed by atoms with Gasteiger partial charge in [0.2, 0.25) is 0 Å². The summed E-state index contributed by atoms with van der Waals surface area (Å²) >= 11 is -0.826. The van der Waals surface area contributed by atoms with Crippen molar-refractivity contribution >= 4 is 17.0 Å². The van der Waals surface area contributed by atoms with Crippen molar-refractivity contribution in [3.05, 3.63) is 131 Å². The monoisotopic (exact) mass is 466 g/mol. The van der Waals surface area contributed by atoms with Crippen molar-refractivity contribution in [1.29, 1.82) is 0 Å². The number of halogens is 2. The second-order valence-electron chi connectivity index (χ2n) is 5.67. The summed E-state index contributed by atoms with van der Waals surface area (Å²) in [6.45, 7) is 0. The molecule has 0 aliphatic carbocycles. The van der Waals surface area contributed by atoms with Crippen LogP contribution in [0.4, 0.5) is 0 Å². The smallest absolute Gasteiger partial charge is 0.0485 e. The predicted molar refractivity (Wildman–Crippen MR) is 110 cm³/mol. The first-order valence-corrected chi connectivity index (χ1v) is 14.8. The quantitative estimate of drug-likeness (QED) is 0.297. The van der Waals surface area contributed by atoms with E-state index in [1.165, 1.54) is 16.7 Å². The topological polar surface area (TPSA) is 0 Å². The van der Waals surface area contributed by atoms with Crippen LogP contribution in [0, 0.1) is 24.3 Å². The molecule has 0 unspecified atom stereocenters. The van der Waals surface area contributed by atoms with Gasteiger partial charge in [0.1, 0.15) is 0 Å². The Morgan fingerprint density at radius 1 is 0.667 bits per heavy atom. The van der Waals surface area contributed by atoms with Crippen LogP contribution < -0.4 is 0 Å². The third-order valence-corrected chi connectivity index (χ3v) is 3.70. The van der Waals surface area contributed by atoms with Crippen LogP contribution >= 0.6 is 17.0 Å². The molecule has 0 aromatic heterocycles. The van der Waals surface area contributed by atoms with Gasteiger partial charge < -0.3 is 29.8 Å². The Bertz CT molecular complexity index is 736. The molecule has 0 aliphatic rings. The van der Waals surface area contributed by atoms with Crippen molar-refractivity contribution < 1.29 is 20.8 Å². The van der Waals surface area contributed by atoms with Crippen molar-refractivity contribution in [2.24, 2.45) is 0 Å². The van der Waals surface area contributed by atoms with Crippen LogP contribution in [0.25, 0.3) is 0 Å². The fourth-order valence-corrected chi connectivity index (χ4v) is 2.50. The molecule has 27 heavy (non-hydrogen) atoms. The maximum absolute atomic E-state index is 4.93. The summed E-state index contributed by atoms with van der Waals surface area (Å²) in [5, 5.41) is 0. The molecule has 0 aliphatic heterocycles. The Morgan fingerprint density at radius 3 is 1.59 bits per heavy atom. The fraction of sp³-hybridized carbons (Fsp3) is 0.0833. The minimum atomic E-state index is -0.826. The Balaban J connectivity index is 0.000000170. The molecule has 0 amide bonds. The maximum atomic E-state index is 4.93. The van der Waals surface area contributed by atoms with Crippen LogP contribution in [0.5, 0.6) is 0 Å². The van der Waals surface area contributed by atoms with E-state index in [9.17, 15) is 0 Å². The van der Waals surface area contributed by atoms with Crippen LogP contribution in [0.15, 0.2) is 84.9 Å². The molecule has 0 N–H and O–H groups in total. The molecule has 0 heterocycles. The zero-order valence-corrected chi connectivity index (χ0v) is 18.7. The number of benzene rings is 2. The molecule has 4 rings (SSSR count). The first-order valence-electron chi connectivity index (χ1n) is 8.44. The predicted octanol–water partition coefficient (Wildman–Crippen LogP) is 6.57. The van der Waals surface area contributed by atoms with Gasteiger partial charge in [-0.25, -0.2) is 12.1 Å². The van der Waals surface area contributed by atoms with Gasteiger partial charge in [-0.2, -0.15) is 24.1 Å². The Morgan fingerprint density at radius 2 is 1.11 bits per heavy atom. The molecule has 4 aromatic carbocycles. The van der Waals surface area contributed by atoms with Gasteiger partial charge in [0.05, 0.1) is 0 Å². The second-order valence-corrected chi connectivity index (χ2v) is 9.40. The normalized spacial score (nSPS) is 9.41. The third-order valence-electron chi connectivity index (χ3n) is 3.70. The summed E-state index contributed by atoms with van der Waals surface area (Å²) in [7, 11) is 9.87. The van der Waals surface area contributed by atoms with Gasteiger partial charge in [-0.3, -0.25) is 0 Å². The molecule has 0 saturated heterocycles. The van der Waals surface area contributed by atoms with Gasteiger partial charge in [0, 0.05) is 0 Å². The average molecular weight is 469 g/mol. The molecule has 0 saturated carbocycles.